The van der Waals surface area contributed by atoms with Gasteiger partial charge in [-0.2, -0.15) is 0 Å². The van der Waals surface area contributed by atoms with E-state index in [0.29, 0.717) is 17.9 Å². The van der Waals surface area contributed by atoms with Gasteiger partial charge in [0.05, 0.1) is 0 Å². The van der Waals surface area contributed by atoms with Gasteiger partial charge in [0.2, 0.25) is 0 Å². The van der Waals surface area contributed by atoms with E-state index in [1.54, 1.807) is 12.1 Å². The van der Waals surface area contributed by atoms with Crippen LogP contribution in [0.3, 0.4) is 0 Å². The molecule has 2 heterocycles. The quantitative estimate of drug-likeness (QED) is 0.622. The largest absolute Gasteiger partial charge is 0.358 e. The molecule has 2 aliphatic rings. The number of hydrogen-bond donors (Lipinski definition) is 1. The fourth-order valence-electron chi connectivity index (χ4n) is 5.29. The molecule has 0 unspecified atom stereocenters. The summed E-state index contributed by atoms with van der Waals surface area (Å²) < 4.78 is 13.0. The van der Waals surface area contributed by atoms with Crippen molar-refractivity contribution < 1.29 is 9.18 Å². The number of benzene rings is 2. The van der Waals surface area contributed by atoms with Crippen LogP contribution in [-0.2, 0) is 12.8 Å². The van der Waals surface area contributed by atoms with Gasteiger partial charge in [-0.3, -0.25) is 4.79 Å². The number of aromatic nitrogens is 1. The Hall–Kier alpha value is -2.46. The Balaban J connectivity index is 1.18. The smallest absolute Gasteiger partial charge is 0.162 e. The molecule has 0 radical (unpaired) electrons. The summed E-state index contributed by atoms with van der Waals surface area (Å²) >= 11 is 0. The summed E-state index contributed by atoms with van der Waals surface area (Å²) in [6, 6.07) is 14.6. The van der Waals surface area contributed by atoms with E-state index in [2.05, 4.69) is 34.1 Å². The molecule has 0 saturated carbocycles. The molecule has 0 bridgehead atoms. The van der Waals surface area contributed by atoms with E-state index >= 15 is 0 Å². The van der Waals surface area contributed by atoms with Gasteiger partial charge in [-0.25, -0.2) is 4.39 Å². The summed E-state index contributed by atoms with van der Waals surface area (Å²) in [5.74, 6) is 1.30. The SMILES string of the molecule is O=C(CCCN1CC[C@@H]2Cc3[nH]c4ccccc4c3C[C@H]2C1)c1ccc(F)cc1. The van der Waals surface area contributed by atoms with Gasteiger partial charge in [-0.1, -0.05) is 18.2 Å². The molecule has 5 rings (SSSR count). The summed E-state index contributed by atoms with van der Waals surface area (Å²) in [5, 5.41) is 1.39. The van der Waals surface area contributed by atoms with Crippen molar-refractivity contribution in [2.24, 2.45) is 11.8 Å². The van der Waals surface area contributed by atoms with Crippen LogP contribution < -0.4 is 0 Å². The molecule has 1 aromatic heterocycles. The number of carbonyl (C=O) groups excluding carboxylic acids is 1. The summed E-state index contributed by atoms with van der Waals surface area (Å²) in [5.41, 5.74) is 4.86. The van der Waals surface area contributed by atoms with E-state index in [-0.39, 0.29) is 11.6 Å². The molecule has 3 aromatic rings. The van der Waals surface area contributed by atoms with Gasteiger partial charge in [0.1, 0.15) is 5.82 Å². The minimum absolute atomic E-state index is 0.112. The Kier molecular flexibility index (Phi) is 4.96. The van der Waals surface area contributed by atoms with Gasteiger partial charge in [0, 0.05) is 35.1 Å². The third kappa shape index (κ3) is 3.74. The van der Waals surface area contributed by atoms with E-state index < -0.39 is 0 Å². The van der Waals surface area contributed by atoms with Crippen LogP contribution >= 0.6 is 0 Å². The van der Waals surface area contributed by atoms with Crippen molar-refractivity contribution in [2.45, 2.75) is 32.1 Å². The second-order valence-corrected chi connectivity index (χ2v) is 8.68. The summed E-state index contributed by atoms with van der Waals surface area (Å²) in [4.78, 5) is 18.5. The Bertz CT molecular complexity index is 1020. The third-order valence-electron chi connectivity index (χ3n) is 6.85. The number of para-hydroxylation sites is 1. The molecule has 2 aromatic carbocycles. The zero-order valence-corrected chi connectivity index (χ0v) is 16.7. The number of carbonyl (C=O) groups is 1. The molecule has 1 fully saturated rings. The van der Waals surface area contributed by atoms with E-state index in [1.165, 1.54) is 47.1 Å². The Morgan fingerprint density at radius 1 is 1.07 bits per heavy atom. The van der Waals surface area contributed by atoms with Crippen molar-refractivity contribution in [3.8, 4) is 0 Å². The first kappa shape index (κ1) is 18.6. The first-order valence-electron chi connectivity index (χ1n) is 10.8. The van der Waals surface area contributed by atoms with Crippen LogP contribution in [0.15, 0.2) is 48.5 Å². The Morgan fingerprint density at radius 2 is 1.90 bits per heavy atom. The molecular formula is C25H27FN2O. The molecule has 4 heteroatoms. The zero-order valence-electron chi connectivity index (χ0n) is 16.7. The number of halogens is 1. The van der Waals surface area contributed by atoms with E-state index in [1.807, 2.05) is 0 Å². The number of nitrogens with one attached hydrogen (secondary N) is 1. The van der Waals surface area contributed by atoms with Crippen LogP contribution in [0.4, 0.5) is 4.39 Å². The number of hydrogen-bond acceptors (Lipinski definition) is 2. The van der Waals surface area contributed by atoms with Gasteiger partial charge in [-0.05, 0) is 86.5 Å². The number of Topliss-reactive ketones (excluding diaryl/α,β-unsaturated/α-hetero) is 1. The number of nitrogens with zero attached hydrogens (tertiary/aromatic N) is 1. The Morgan fingerprint density at radius 3 is 2.76 bits per heavy atom. The lowest BCUT2D eigenvalue weighted by Gasteiger charge is -2.41. The molecule has 0 spiro atoms. The molecule has 1 N–H and O–H groups in total. The number of likely N-dealkylation sites (tertiary alicyclic amines) is 1. The highest BCUT2D eigenvalue weighted by Gasteiger charge is 2.34. The van der Waals surface area contributed by atoms with Gasteiger partial charge in [-0.15, -0.1) is 0 Å². The van der Waals surface area contributed by atoms with E-state index in [0.717, 1.165) is 38.4 Å². The normalized spacial score (nSPS) is 21.7. The first-order chi connectivity index (χ1) is 14.2. The van der Waals surface area contributed by atoms with Crippen LogP contribution in [0.25, 0.3) is 10.9 Å². The maximum absolute atomic E-state index is 13.0. The zero-order chi connectivity index (χ0) is 19.8. The summed E-state index contributed by atoms with van der Waals surface area (Å²) in [6.45, 7) is 3.23. The van der Waals surface area contributed by atoms with Gasteiger partial charge in [0.15, 0.2) is 5.78 Å². The molecule has 29 heavy (non-hydrogen) atoms. The highest BCUT2D eigenvalue weighted by atomic mass is 19.1. The molecular weight excluding hydrogens is 363 g/mol. The van der Waals surface area contributed by atoms with E-state index in [4.69, 9.17) is 0 Å². The minimum Gasteiger partial charge on any atom is -0.358 e. The standard InChI is InChI=1S/C25H27FN2O/c26-20-9-7-17(8-10-20)25(29)6-3-12-28-13-11-18-15-24-22(14-19(18)16-28)21-4-1-2-5-23(21)27-24/h1-2,4-5,7-10,18-19,27H,3,6,11-16H2/t18-,19+/m1/s1. The lowest BCUT2D eigenvalue weighted by molar-refractivity contribution is 0.0940. The fourth-order valence-corrected chi connectivity index (χ4v) is 5.29. The molecule has 0 amide bonds. The topological polar surface area (TPSA) is 36.1 Å². The average molecular weight is 391 g/mol. The van der Waals surface area contributed by atoms with Crippen LogP contribution in [0.1, 0.15) is 40.9 Å². The predicted octanol–water partition coefficient (Wildman–Crippen LogP) is 5.01. The lowest BCUT2D eigenvalue weighted by Crippen LogP contribution is -2.44. The molecule has 1 saturated heterocycles. The number of fused-ring (bicyclic) bond motifs is 4. The van der Waals surface area contributed by atoms with Crippen molar-refractivity contribution in [2.75, 3.05) is 19.6 Å². The average Bonchev–Trinajstić information content (AvgIpc) is 3.10. The lowest BCUT2D eigenvalue weighted by atomic mass is 9.74. The summed E-state index contributed by atoms with van der Waals surface area (Å²) in [7, 11) is 0. The second kappa shape index (κ2) is 7.75. The van der Waals surface area contributed by atoms with E-state index in [9.17, 15) is 9.18 Å². The van der Waals surface area contributed by atoms with Gasteiger partial charge in [0.25, 0.3) is 0 Å². The van der Waals surface area contributed by atoms with Crippen molar-refractivity contribution in [1.29, 1.82) is 0 Å². The fraction of sp³-hybridized carbons (Fsp3) is 0.400. The Labute approximate surface area is 170 Å². The van der Waals surface area contributed by atoms with Crippen LogP contribution in [-0.4, -0.2) is 35.3 Å². The number of piperidine rings is 1. The highest BCUT2D eigenvalue weighted by Crippen LogP contribution is 2.38. The van der Waals surface area contributed by atoms with Gasteiger partial charge < -0.3 is 9.88 Å². The number of ketones is 1. The third-order valence-corrected chi connectivity index (χ3v) is 6.85. The van der Waals surface area contributed by atoms with Crippen LogP contribution in [0.2, 0.25) is 0 Å². The molecule has 2 atom stereocenters. The minimum atomic E-state index is -0.296. The van der Waals surface area contributed by atoms with Crippen molar-refractivity contribution in [3.05, 3.63) is 71.2 Å². The molecule has 1 aliphatic carbocycles. The maximum atomic E-state index is 13.0. The van der Waals surface area contributed by atoms with Crippen LogP contribution in [0.5, 0.6) is 0 Å². The maximum Gasteiger partial charge on any atom is 0.162 e. The molecule has 1 aliphatic heterocycles. The molecule has 3 nitrogen and oxygen atoms in total. The van der Waals surface area contributed by atoms with Crippen molar-refractivity contribution in [1.82, 2.24) is 9.88 Å². The first-order valence-corrected chi connectivity index (χ1v) is 10.8. The number of rotatable bonds is 5. The van der Waals surface area contributed by atoms with Crippen molar-refractivity contribution in [3.63, 3.8) is 0 Å². The van der Waals surface area contributed by atoms with Crippen molar-refractivity contribution >= 4 is 16.7 Å². The molecule has 150 valence electrons. The monoisotopic (exact) mass is 390 g/mol. The van der Waals surface area contributed by atoms with Crippen LogP contribution in [0, 0.1) is 17.7 Å². The summed E-state index contributed by atoms with van der Waals surface area (Å²) in [6.07, 6.45) is 4.97. The number of H-pyrrole nitrogens is 1. The van der Waals surface area contributed by atoms with Gasteiger partial charge >= 0.3 is 0 Å². The highest BCUT2D eigenvalue weighted by molar-refractivity contribution is 5.95. The predicted molar refractivity (Wildman–Crippen MR) is 114 cm³/mol. The second-order valence-electron chi connectivity index (χ2n) is 8.68. The number of aromatic amines is 1.